The highest BCUT2D eigenvalue weighted by molar-refractivity contribution is 7.91. The maximum atomic E-state index is 11.2. The number of nitrogens with one attached hydrogen (secondary N) is 1. The molecule has 1 aliphatic heterocycles. The Hall–Kier alpha value is -0.990. The number of hydrogen-bond donors (Lipinski definition) is 2. The topological polar surface area (TPSA) is 97.1 Å². The van der Waals surface area contributed by atoms with Crippen molar-refractivity contribution in [3.63, 3.8) is 0 Å². The van der Waals surface area contributed by atoms with Crippen molar-refractivity contribution in [2.75, 3.05) is 11.5 Å². The summed E-state index contributed by atoms with van der Waals surface area (Å²) in [6.07, 6.45) is 0.733. The van der Waals surface area contributed by atoms with Crippen LogP contribution in [-0.4, -0.2) is 51.9 Å². The third-order valence-corrected chi connectivity index (χ3v) is 4.37. The molecule has 0 aliphatic carbocycles. The maximum Gasteiger partial charge on any atom is 0.154 e. The first kappa shape index (κ1) is 11.5. The van der Waals surface area contributed by atoms with E-state index in [1.165, 1.54) is 0 Å². The van der Waals surface area contributed by atoms with E-state index >= 15 is 0 Å². The Bertz CT molecular complexity index is 469. The lowest BCUT2D eigenvalue weighted by atomic mass is 10.2. The monoisotopic (exact) mass is 246 g/mol. The second kappa shape index (κ2) is 4.11. The van der Waals surface area contributed by atoms with Gasteiger partial charge in [0.15, 0.2) is 9.84 Å². The highest BCUT2D eigenvalue weighted by atomic mass is 32.2. The second-order valence-electron chi connectivity index (χ2n) is 3.99. The molecule has 16 heavy (non-hydrogen) atoms. The van der Waals surface area contributed by atoms with Crippen LogP contribution in [0.2, 0.25) is 0 Å². The summed E-state index contributed by atoms with van der Waals surface area (Å²) in [5, 5.41) is 20.1. The molecule has 90 valence electrons. The van der Waals surface area contributed by atoms with E-state index in [4.69, 9.17) is 0 Å². The van der Waals surface area contributed by atoms with Gasteiger partial charge in [0.05, 0.1) is 24.2 Å². The van der Waals surface area contributed by atoms with Gasteiger partial charge in [-0.15, -0.1) is 10.2 Å². The lowest BCUT2D eigenvalue weighted by Crippen LogP contribution is -2.38. The van der Waals surface area contributed by atoms with Crippen molar-refractivity contribution in [1.29, 1.82) is 0 Å². The zero-order valence-electron chi connectivity index (χ0n) is 8.87. The third kappa shape index (κ3) is 2.39. The smallest absolute Gasteiger partial charge is 0.154 e. The molecular weight excluding hydrogens is 232 g/mol. The van der Waals surface area contributed by atoms with Gasteiger partial charge >= 0.3 is 0 Å². The zero-order valence-corrected chi connectivity index (χ0v) is 9.68. The Kier molecular flexibility index (Phi) is 2.96. The molecule has 0 amide bonds. The maximum absolute atomic E-state index is 11.2. The van der Waals surface area contributed by atoms with Crippen LogP contribution in [0.1, 0.15) is 5.82 Å². The van der Waals surface area contributed by atoms with Crippen molar-refractivity contribution in [1.82, 2.24) is 20.1 Å². The fraction of sp³-hybridized carbons (Fsp3) is 0.750. The molecule has 1 fully saturated rings. The van der Waals surface area contributed by atoms with Crippen molar-refractivity contribution in [3.05, 3.63) is 12.2 Å². The van der Waals surface area contributed by atoms with Crippen molar-refractivity contribution >= 4 is 9.84 Å². The van der Waals surface area contributed by atoms with Crippen LogP contribution in [0.15, 0.2) is 6.33 Å². The van der Waals surface area contributed by atoms with Crippen LogP contribution in [0.3, 0.4) is 0 Å². The van der Waals surface area contributed by atoms with Gasteiger partial charge in [0, 0.05) is 13.1 Å². The minimum Gasteiger partial charge on any atom is -0.390 e. The summed E-state index contributed by atoms with van der Waals surface area (Å²) < 4.78 is 24.2. The minimum absolute atomic E-state index is 0.0218. The first-order chi connectivity index (χ1) is 7.48. The van der Waals surface area contributed by atoms with E-state index in [1.807, 2.05) is 0 Å². The van der Waals surface area contributed by atoms with E-state index in [2.05, 4.69) is 15.5 Å². The highest BCUT2D eigenvalue weighted by Gasteiger charge is 2.36. The van der Waals surface area contributed by atoms with Gasteiger partial charge in [-0.3, -0.25) is 0 Å². The van der Waals surface area contributed by atoms with Crippen molar-refractivity contribution in [2.45, 2.75) is 18.7 Å². The van der Waals surface area contributed by atoms with Gasteiger partial charge in [0.1, 0.15) is 12.2 Å². The number of rotatable bonds is 3. The summed E-state index contributed by atoms with van der Waals surface area (Å²) in [5.74, 6) is 0.520. The molecule has 2 rings (SSSR count). The molecule has 0 bridgehead atoms. The summed E-state index contributed by atoms with van der Waals surface area (Å²) in [4.78, 5) is 0. The number of nitrogens with zero attached hydrogens (tertiary/aromatic N) is 3. The Morgan fingerprint density at radius 1 is 1.62 bits per heavy atom. The second-order valence-corrected chi connectivity index (χ2v) is 6.14. The van der Waals surface area contributed by atoms with Crippen LogP contribution in [0.25, 0.3) is 0 Å². The quantitative estimate of drug-likeness (QED) is 0.644. The molecule has 2 atom stereocenters. The first-order valence-corrected chi connectivity index (χ1v) is 6.75. The lowest BCUT2D eigenvalue weighted by Gasteiger charge is -2.13. The molecule has 0 saturated carbocycles. The Labute approximate surface area is 93.4 Å². The van der Waals surface area contributed by atoms with E-state index in [1.54, 1.807) is 17.9 Å². The molecular formula is C8H14N4O3S. The SMILES string of the molecule is Cn1cnnc1CNC1CS(=O)(=O)CC1O. The standard InChI is InChI=1S/C8H14N4O3S/c1-12-5-10-11-8(12)2-9-6-3-16(14,15)4-7(6)13/h5-7,9,13H,2-4H2,1H3. The average Bonchev–Trinajstić information content (AvgIpc) is 2.67. The largest absolute Gasteiger partial charge is 0.390 e. The predicted octanol–water partition coefficient (Wildman–Crippen LogP) is -1.94. The Balaban J connectivity index is 1.95. The number of aromatic nitrogens is 3. The van der Waals surface area contributed by atoms with Crippen LogP contribution >= 0.6 is 0 Å². The molecule has 2 heterocycles. The summed E-state index contributed by atoms with van der Waals surface area (Å²) >= 11 is 0. The van der Waals surface area contributed by atoms with Crippen molar-refractivity contribution in [3.8, 4) is 0 Å². The van der Waals surface area contributed by atoms with Gasteiger partial charge in [0.25, 0.3) is 0 Å². The summed E-state index contributed by atoms with van der Waals surface area (Å²) in [6, 6.07) is -0.415. The Morgan fingerprint density at radius 3 is 2.88 bits per heavy atom. The lowest BCUT2D eigenvalue weighted by molar-refractivity contribution is 0.165. The van der Waals surface area contributed by atoms with Gasteiger partial charge in [-0.05, 0) is 0 Å². The molecule has 8 heteroatoms. The van der Waals surface area contributed by atoms with Gasteiger partial charge < -0.3 is 15.0 Å². The van der Waals surface area contributed by atoms with E-state index in [-0.39, 0.29) is 11.5 Å². The van der Waals surface area contributed by atoms with E-state index in [0.717, 1.165) is 0 Å². The van der Waals surface area contributed by atoms with Gasteiger partial charge in [-0.1, -0.05) is 0 Å². The van der Waals surface area contributed by atoms with Crippen LogP contribution in [-0.2, 0) is 23.4 Å². The summed E-state index contributed by atoms with van der Waals surface area (Å²) in [5.41, 5.74) is 0. The molecule has 2 unspecified atom stereocenters. The molecule has 0 spiro atoms. The minimum atomic E-state index is -3.10. The predicted molar refractivity (Wildman–Crippen MR) is 56.3 cm³/mol. The number of aliphatic hydroxyl groups is 1. The number of hydrogen-bond acceptors (Lipinski definition) is 6. The molecule has 1 aromatic rings. The van der Waals surface area contributed by atoms with Crippen LogP contribution in [0, 0.1) is 0 Å². The fourth-order valence-electron chi connectivity index (χ4n) is 1.71. The fourth-order valence-corrected chi connectivity index (χ4v) is 3.49. The van der Waals surface area contributed by atoms with E-state index in [9.17, 15) is 13.5 Å². The summed E-state index contributed by atoms with van der Waals surface area (Å²) in [6.45, 7) is 0.397. The summed E-state index contributed by atoms with van der Waals surface area (Å²) in [7, 11) is -1.30. The highest BCUT2D eigenvalue weighted by Crippen LogP contribution is 2.12. The number of sulfone groups is 1. The molecule has 7 nitrogen and oxygen atoms in total. The first-order valence-electron chi connectivity index (χ1n) is 4.93. The van der Waals surface area contributed by atoms with Crippen molar-refractivity contribution < 1.29 is 13.5 Å². The molecule has 1 saturated heterocycles. The molecule has 0 aromatic carbocycles. The zero-order chi connectivity index (χ0) is 11.8. The Morgan fingerprint density at radius 2 is 2.38 bits per heavy atom. The molecule has 0 radical (unpaired) electrons. The average molecular weight is 246 g/mol. The number of aryl methyl sites for hydroxylation is 1. The number of aliphatic hydroxyl groups excluding tert-OH is 1. The third-order valence-electron chi connectivity index (χ3n) is 2.65. The normalized spacial score (nSPS) is 28.4. The van der Waals surface area contributed by atoms with Gasteiger partial charge in [-0.25, -0.2) is 8.42 Å². The van der Waals surface area contributed by atoms with Crippen molar-refractivity contribution in [2.24, 2.45) is 7.05 Å². The molecule has 2 N–H and O–H groups in total. The molecule has 1 aliphatic rings. The van der Waals surface area contributed by atoms with Gasteiger partial charge in [0.2, 0.25) is 0 Å². The van der Waals surface area contributed by atoms with E-state index in [0.29, 0.717) is 12.4 Å². The van der Waals surface area contributed by atoms with E-state index < -0.39 is 22.0 Å². The van der Waals surface area contributed by atoms with Crippen LogP contribution < -0.4 is 5.32 Å². The van der Waals surface area contributed by atoms with Gasteiger partial charge in [-0.2, -0.15) is 0 Å². The molecule has 1 aromatic heterocycles. The van der Waals surface area contributed by atoms with Crippen LogP contribution in [0.5, 0.6) is 0 Å². The van der Waals surface area contributed by atoms with Crippen LogP contribution in [0.4, 0.5) is 0 Å².